The zero-order valence-electron chi connectivity index (χ0n) is 29.1. The third-order valence-electron chi connectivity index (χ3n) is 7.77. The van der Waals surface area contributed by atoms with Crippen molar-refractivity contribution < 1.29 is 33.7 Å². The van der Waals surface area contributed by atoms with E-state index in [2.05, 4.69) is 15.6 Å². The Hall–Kier alpha value is -2.76. The second-order valence-electron chi connectivity index (χ2n) is 13.5. The molecular weight excluding hydrogens is 576 g/mol. The Morgan fingerprint density at radius 3 is 2.24 bits per heavy atom. The fourth-order valence-electron chi connectivity index (χ4n) is 5.08. The van der Waals surface area contributed by atoms with Gasteiger partial charge < -0.3 is 35.7 Å². The molecule has 5 unspecified atom stereocenters. The largest absolute Gasteiger partial charge is 0.491 e. The van der Waals surface area contributed by atoms with Crippen LogP contribution >= 0.6 is 0 Å². The standard InChI is InChI=1S/C34H60N4O7/c1-10-11-16-37-31(40)25(23(4)5)21-27(39)26(33(42)45-34(6,7)8)20-24(22(2)3)30(35)38-32(41)29-28(15-14-17-36-29)44-19-13-12-18-43-9/h14-15,17,22-27,30,39H,10-13,16,18-21,35H2,1-9H3,(H,37,40)(H,38,41). The molecule has 0 fully saturated rings. The predicted molar refractivity (Wildman–Crippen MR) is 175 cm³/mol. The van der Waals surface area contributed by atoms with E-state index in [1.54, 1.807) is 40.0 Å². The lowest BCUT2D eigenvalue weighted by Crippen LogP contribution is -2.50. The lowest BCUT2D eigenvalue weighted by Gasteiger charge is -2.34. The number of rotatable bonds is 21. The number of esters is 1. The summed E-state index contributed by atoms with van der Waals surface area (Å²) in [5.41, 5.74) is 5.92. The Morgan fingerprint density at radius 1 is 1.00 bits per heavy atom. The SMILES string of the molecule is CCCCNC(=O)C(CC(O)C(CC(C(C)C)C(N)NC(=O)c1ncccc1OCCCCOC)C(=O)OC(C)(C)C)C(C)C. The summed E-state index contributed by atoms with van der Waals surface area (Å²) in [6.45, 7) is 16.7. The van der Waals surface area contributed by atoms with Gasteiger partial charge in [0.2, 0.25) is 5.91 Å². The van der Waals surface area contributed by atoms with Crippen LogP contribution in [0.5, 0.6) is 5.75 Å². The normalized spacial score (nSPS) is 15.2. The Labute approximate surface area is 270 Å². The average molecular weight is 637 g/mol. The number of nitrogens with one attached hydrogen (secondary N) is 2. The van der Waals surface area contributed by atoms with E-state index in [0.717, 1.165) is 25.7 Å². The summed E-state index contributed by atoms with van der Waals surface area (Å²) in [5.74, 6) is -2.88. The quantitative estimate of drug-likeness (QED) is 0.0867. The number of amides is 2. The van der Waals surface area contributed by atoms with Gasteiger partial charge in [0.05, 0.1) is 24.8 Å². The molecule has 1 aromatic heterocycles. The Balaban J connectivity index is 3.18. The van der Waals surface area contributed by atoms with Crippen molar-refractivity contribution in [3.8, 4) is 5.75 Å². The van der Waals surface area contributed by atoms with E-state index in [4.69, 9.17) is 19.9 Å². The maximum absolute atomic E-state index is 13.5. The summed E-state index contributed by atoms with van der Waals surface area (Å²) in [6.07, 6.45) is 3.10. The molecule has 1 rings (SSSR count). The number of hydrogen-bond acceptors (Lipinski definition) is 9. The van der Waals surface area contributed by atoms with Crippen LogP contribution in [0.2, 0.25) is 0 Å². The van der Waals surface area contributed by atoms with Crippen LogP contribution in [0.15, 0.2) is 18.3 Å². The highest BCUT2D eigenvalue weighted by Gasteiger charge is 2.39. The van der Waals surface area contributed by atoms with E-state index in [1.165, 1.54) is 6.20 Å². The molecular formula is C34H60N4O7. The Bertz CT molecular complexity index is 1030. The maximum Gasteiger partial charge on any atom is 0.312 e. The second-order valence-corrected chi connectivity index (χ2v) is 13.5. The highest BCUT2D eigenvalue weighted by Crippen LogP contribution is 2.31. The first-order chi connectivity index (χ1) is 21.1. The van der Waals surface area contributed by atoms with Crippen LogP contribution in [0.4, 0.5) is 0 Å². The van der Waals surface area contributed by atoms with Gasteiger partial charge in [0, 0.05) is 32.4 Å². The van der Waals surface area contributed by atoms with E-state index in [-0.39, 0.29) is 36.3 Å². The smallest absolute Gasteiger partial charge is 0.312 e. The molecule has 11 nitrogen and oxygen atoms in total. The van der Waals surface area contributed by atoms with Crippen LogP contribution in [-0.4, -0.2) is 72.6 Å². The number of aliphatic hydroxyl groups excluding tert-OH is 1. The van der Waals surface area contributed by atoms with Crippen LogP contribution in [0.1, 0.15) is 104 Å². The predicted octanol–water partition coefficient (Wildman–Crippen LogP) is 4.46. The second kappa shape index (κ2) is 20.4. The van der Waals surface area contributed by atoms with Gasteiger partial charge >= 0.3 is 5.97 Å². The number of hydrogen-bond donors (Lipinski definition) is 4. The summed E-state index contributed by atoms with van der Waals surface area (Å²) >= 11 is 0. The lowest BCUT2D eigenvalue weighted by atomic mass is 9.78. The van der Waals surface area contributed by atoms with Crippen LogP contribution in [0.25, 0.3) is 0 Å². The molecule has 1 heterocycles. The topological polar surface area (TPSA) is 162 Å². The first-order valence-corrected chi connectivity index (χ1v) is 16.4. The number of methoxy groups -OCH3 is 1. The van der Waals surface area contributed by atoms with Crippen molar-refractivity contribution in [1.29, 1.82) is 0 Å². The minimum absolute atomic E-state index is 0.0576. The molecule has 0 aliphatic carbocycles. The van der Waals surface area contributed by atoms with Crippen molar-refractivity contribution in [2.45, 2.75) is 112 Å². The number of nitrogens with zero attached hydrogens (tertiary/aromatic N) is 1. The van der Waals surface area contributed by atoms with Crippen LogP contribution in [-0.2, 0) is 19.1 Å². The van der Waals surface area contributed by atoms with Crippen LogP contribution in [0.3, 0.4) is 0 Å². The number of aliphatic hydroxyl groups is 1. The zero-order valence-corrected chi connectivity index (χ0v) is 29.1. The molecule has 5 N–H and O–H groups in total. The summed E-state index contributed by atoms with van der Waals surface area (Å²) in [5, 5.41) is 17.3. The van der Waals surface area contributed by atoms with Gasteiger partial charge in [0.1, 0.15) is 5.60 Å². The van der Waals surface area contributed by atoms with Crippen molar-refractivity contribution in [3.05, 3.63) is 24.0 Å². The molecule has 0 aromatic carbocycles. The molecule has 0 saturated carbocycles. The molecule has 5 atom stereocenters. The van der Waals surface area contributed by atoms with E-state index >= 15 is 0 Å². The molecule has 0 aliphatic heterocycles. The van der Waals surface area contributed by atoms with Crippen molar-refractivity contribution >= 4 is 17.8 Å². The highest BCUT2D eigenvalue weighted by atomic mass is 16.6. The highest BCUT2D eigenvalue weighted by molar-refractivity contribution is 5.95. The van der Waals surface area contributed by atoms with Crippen LogP contribution < -0.4 is 21.1 Å². The van der Waals surface area contributed by atoms with Gasteiger partial charge in [-0.1, -0.05) is 41.0 Å². The number of carbonyl (C=O) groups is 3. The first-order valence-electron chi connectivity index (χ1n) is 16.4. The van der Waals surface area contributed by atoms with E-state index in [1.807, 2.05) is 34.6 Å². The van der Waals surface area contributed by atoms with Gasteiger partial charge in [-0.15, -0.1) is 0 Å². The fourth-order valence-corrected chi connectivity index (χ4v) is 5.08. The monoisotopic (exact) mass is 636 g/mol. The van der Waals surface area contributed by atoms with E-state index < -0.39 is 47.5 Å². The van der Waals surface area contributed by atoms with E-state index in [9.17, 15) is 19.5 Å². The molecule has 11 heteroatoms. The van der Waals surface area contributed by atoms with Crippen LogP contribution in [0, 0.1) is 29.6 Å². The molecule has 0 saturated heterocycles. The van der Waals surface area contributed by atoms with Crippen molar-refractivity contribution in [1.82, 2.24) is 15.6 Å². The maximum atomic E-state index is 13.5. The minimum atomic E-state index is -1.16. The number of carbonyl (C=O) groups excluding carboxylic acids is 3. The molecule has 45 heavy (non-hydrogen) atoms. The number of pyridine rings is 1. The molecule has 0 aliphatic rings. The molecule has 0 bridgehead atoms. The number of nitrogens with two attached hydrogens (primary N) is 1. The van der Waals surface area contributed by atoms with Gasteiger partial charge in [-0.2, -0.15) is 0 Å². The number of aromatic nitrogens is 1. The van der Waals surface area contributed by atoms with Crippen molar-refractivity contribution in [2.75, 3.05) is 26.9 Å². The molecule has 0 spiro atoms. The lowest BCUT2D eigenvalue weighted by molar-refractivity contribution is -0.166. The van der Waals surface area contributed by atoms with Gasteiger partial charge in [0.25, 0.3) is 5.91 Å². The summed E-state index contributed by atoms with van der Waals surface area (Å²) < 4.78 is 16.6. The fraction of sp³-hybridized carbons (Fsp3) is 0.765. The van der Waals surface area contributed by atoms with Gasteiger partial charge in [-0.3, -0.25) is 14.4 Å². The molecule has 1 aromatic rings. The third kappa shape index (κ3) is 14.9. The summed E-state index contributed by atoms with van der Waals surface area (Å²) in [7, 11) is 1.64. The zero-order chi connectivity index (χ0) is 34.2. The number of unbranched alkanes of at least 4 members (excludes halogenated alkanes) is 2. The minimum Gasteiger partial charge on any atom is -0.491 e. The van der Waals surface area contributed by atoms with Gasteiger partial charge in [-0.05, 0) is 82.8 Å². The molecule has 2 amide bonds. The van der Waals surface area contributed by atoms with E-state index in [0.29, 0.717) is 25.5 Å². The summed E-state index contributed by atoms with van der Waals surface area (Å²) in [6, 6.07) is 3.38. The summed E-state index contributed by atoms with van der Waals surface area (Å²) in [4.78, 5) is 44.1. The number of ether oxygens (including phenoxy) is 3. The Kier molecular flexibility index (Phi) is 18.2. The average Bonchev–Trinajstić information content (AvgIpc) is 2.94. The Morgan fingerprint density at radius 2 is 1.67 bits per heavy atom. The van der Waals surface area contributed by atoms with Gasteiger partial charge in [0.15, 0.2) is 11.4 Å². The molecule has 0 radical (unpaired) electrons. The van der Waals surface area contributed by atoms with Crippen molar-refractivity contribution in [2.24, 2.45) is 35.3 Å². The van der Waals surface area contributed by atoms with Crippen molar-refractivity contribution in [3.63, 3.8) is 0 Å². The third-order valence-corrected chi connectivity index (χ3v) is 7.77. The van der Waals surface area contributed by atoms with Gasteiger partial charge in [-0.25, -0.2) is 4.98 Å². The molecule has 258 valence electrons. The first kappa shape index (κ1) is 40.3.